The molecule has 1 aromatic carbocycles. The van der Waals surface area contributed by atoms with Gasteiger partial charge in [0.15, 0.2) is 0 Å². The number of hydrogen-bond donors (Lipinski definition) is 1. The molecule has 0 spiro atoms. The molecule has 1 atom stereocenters. The zero-order valence-electron chi connectivity index (χ0n) is 11.9. The third-order valence-electron chi connectivity index (χ3n) is 3.65. The Morgan fingerprint density at radius 3 is 2.53 bits per heavy atom. The lowest BCUT2D eigenvalue weighted by Gasteiger charge is -2.35. The van der Waals surface area contributed by atoms with E-state index in [1.165, 1.54) is 5.56 Å². The lowest BCUT2D eigenvalue weighted by atomic mass is 10.0. The smallest absolute Gasteiger partial charge is 0.118 e. The molecule has 4 nitrogen and oxygen atoms in total. The summed E-state index contributed by atoms with van der Waals surface area (Å²) in [6, 6.07) is 8.90. The zero-order chi connectivity index (χ0) is 13.5. The van der Waals surface area contributed by atoms with Crippen molar-refractivity contribution in [2.24, 2.45) is 0 Å². The van der Waals surface area contributed by atoms with Gasteiger partial charge in [0, 0.05) is 19.1 Å². The van der Waals surface area contributed by atoms with Crippen molar-refractivity contribution in [1.29, 1.82) is 0 Å². The van der Waals surface area contributed by atoms with Crippen LogP contribution in [0.1, 0.15) is 18.0 Å². The van der Waals surface area contributed by atoms with Crippen LogP contribution >= 0.6 is 0 Å². The van der Waals surface area contributed by atoms with Crippen molar-refractivity contribution in [2.75, 3.05) is 47.0 Å². The van der Waals surface area contributed by atoms with Crippen LogP contribution in [0.2, 0.25) is 0 Å². The maximum atomic E-state index is 5.45. The molecule has 1 fully saturated rings. The molecular formula is C15H24N2O2. The van der Waals surface area contributed by atoms with E-state index in [9.17, 15) is 0 Å². The number of nitrogens with one attached hydrogen (secondary N) is 1. The molecule has 1 aromatic rings. The van der Waals surface area contributed by atoms with Crippen LogP contribution < -0.4 is 10.1 Å². The van der Waals surface area contributed by atoms with Crippen LogP contribution in [0.15, 0.2) is 24.3 Å². The molecule has 0 bridgehead atoms. The lowest BCUT2D eigenvalue weighted by Crippen LogP contribution is -2.39. The topological polar surface area (TPSA) is 33.7 Å². The largest absolute Gasteiger partial charge is 0.497 e. The van der Waals surface area contributed by atoms with Gasteiger partial charge in [-0.2, -0.15) is 0 Å². The second-order valence-corrected chi connectivity index (χ2v) is 4.83. The molecule has 0 aromatic heterocycles. The summed E-state index contributed by atoms with van der Waals surface area (Å²) in [5, 5.41) is 3.25. The Hall–Kier alpha value is -1.10. The lowest BCUT2D eigenvalue weighted by molar-refractivity contribution is 0.0144. The number of ether oxygens (including phenoxy) is 2. The molecule has 2 rings (SSSR count). The number of hydrogen-bond acceptors (Lipinski definition) is 4. The van der Waals surface area contributed by atoms with Crippen molar-refractivity contribution in [2.45, 2.75) is 12.5 Å². The zero-order valence-corrected chi connectivity index (χ0v) is 11.9. The molecule has 0 saturated carbocycles. The highest BCUT2D eigenvalue weighted by molar-refractivity contribution is 5.29. The standard InChI is InChI=1S/C15H24N2O2/c1-16-8-7-15(17-9-11-19-12-10-17)13-3-5-14(18-2)6-4-13/h3-6,15-16H,7-12H2,1-2H3. The number of rotatable bonds is 6. The van der Waals surface area contributed by atoms with Crippen molar-refractivity contribution in [1.82, 2.24) is 10.2 Å². The van der Waals surface area contributed by atoms with E-state index in [2.05, 4.69) is 22.3 Å². The molecule has 0 radical (unpaired) electrons. The van der Waals surface area contributed by atoms with Gasteiger partial charge in [-0.25, -0.2) is 0 Å². The summed E-state index contributed by atoms with van der Waals surface area (Å²) in [6.07, 6.45) is 1.11. The summed E-state index contributed by atoms with van der Waals surface area (Å²) in [6.45, 7) is 4.73. The SMILES string of the molecule is CNCCC(c1ccc(OC)cc1)N1CCOCC1. The fourth-order valence-corrected chi connectivity index (χ4v) is 2.56. The summed E-state index contributed by atoms with van der Waals surface area (Å²) < 4.78 is 10.7. The molecule has 1 aliphatic heterocycles. The first kappa shape index (κ1) is 14.3. The van der Waals surface area contributed by atoms with Gasteiger partial charge in [0.2, 0.25) is 0 Å². The first-order chi connectivity index (χ1) is 9.35. The average Bonchev–Trinajstić information content (AvgIpc) is 2.49. The highest BCUT2D eigenvalue weighted by Crippen LogP contribution is 2.26. The molecule has 1 saturated heterocycles. The van der Waals surface area contributed by atoms with Crippen LogP contribution in [0, 0.1) is 0 Å². The van der Waals surface area contributed by atoms with Crippen LogP contribution in [-0.4, -0.2) is 51.9 Å². The average molecular weight is 264 g/mol. The highest BCUT2D eigenvalue weighted by Gasteiger charge is 2.22. The van der Waals surface area contributed by atoms with E-state index >= 15 is 0 Å². The number of morpholine rings is 1. The fraction of sp³-hybridized carbons (Fsp3) is 0.600. The van der Waals surface area contributed by atoms with Crippen molar-refractivity contribution < 1.29 is 9.47 Å². The van der Waals surface area contributed by atoms with Gasteiger partial charge in [-0.05, 0) is 37.7 Å². The maximum Gasteiger partial charge on any atom is 0.118 e. The quantitative estimate of drug-likeness (QED) is 0.847. The maximum absolute atomic E-state index is 5.45. The van der Waals surface area contributed by atoms with E-state index in [0.717, 1.165) is 45.0 Å². The molecule has 1 heterocycles. The van der Waals surface area contributed by atoms with Crippen molar-refractivity contribution in [3.8, 4) is 5.75 Å². The van der Waals surface area contributed by atoms with Gasteiger partial charge in [-0.1, -0.05) is 12.1 Å². The fourth-order valence-electron chi connectivity index (χ4n) is 2.56. The first-order valence-electron chi connectivity index (χ1n) is 6.95. The minimum absolute atomic E-state index is 0.460. The molecule has 0 amide bonds. The Kier molecular flexibility index (Phi) is 5.63. The van der Waals surface area contributed by atoms with Gasteiger partial charge in [-0.3, -0.25) is 4.90 Å². The van der Waals surface area contributed by atoms with E-state index in [0.29, 0.717) is 6.04 Å². The van der Waals surface area contributed by atoms with Crippen LogP contribution in [0.25, 0.3) is 0 Å². The highest BCUT2D eigenvalue weighted by atomic mass is 16.5. The molecule has 1 unspecified atom stereocenters. The molecule has 1 aliphatic rings. The molecule has 19 heavy (non-hydrogen) atoms. The van der Waals surface area contributed by atoms with E-state index in [-0.39, 0.29) is 0 Å². The van der Waals surface area contributed by atoms with Gasteiger partial charge in [-0.15, -0.1) is 0 Å². The van der Waals surface area contributed by atoms with Gasteiger partial charge in [0.1, 0.15) is 5.75 Å². The van der Waals surface area contributed by atoms with E-state index in [1.54, 1.807) is 7.11 Å². The van der Waals surface area contributed by atoms with Crippen LogP contribution in [0.4, 0.5) is 0 Å². The minimum Gasteiger partial charge on any atom is -0.497 e. The van der Waals surface area contributed by atoms with Crippen LogP contribution in [0.3, 0.4) is 0 Å². The van der Waals surface area contributed by atoms with Crippen molar-refractivity contribution in [3.05, 3.63) is 29.8 Å². The molecule has 106 valence electrons. The molecule has 4 heteroatoms. The van der Waals surface area contributed by atoms with Crippen LogP contribution in [-0.2, 0) is 4.74 Å². The second-order valence-electron chi connectivity index (χ2n) is 4.83. The van der Waals surface area contributed by atoms with Crippen LogP contribution in [0.5, 0.6) is 5.75 Å². The summed E-state index contributed by atoms with van der Waals surface area (Å²) in [4.78, 5) is 2.52. The number of nitrogens with zero attached hydrogens (tertiary/aromatic N) is 1. The van der Waals surface area contributed by atoms with Gasteiger partial charge < -0.3 is 14.8 Å². The van der Waals surface area contributed by atoms with E-state index in [1.807, 2.05) is 19.2 Å². The van der Waals surface area contributed by atoms with Crippen molar-refractivity contribution in [3.63, 3.8) is 0 Å². The van der Waals surface area contributed by atoms with E-state index in [4.69, 9.17) is 9.47 Å². The van der Waals surface area contributed by atoms with Gasteiger partial charge in [0.05, 0.1) is 20.3 Å². The predicted molar refractivity (Wildman–Crippen MR) is 76.7 cm³/mol. The molecular weight excluding hydrogens is 240 g/mol. The monoisotopic (exact) mass is 264 g/mol. The summed E-state index contributed by atoms with van der Waals surface area (Å²) >= 11 is 0. The molecule has 1 N–H and O–H groups in total. The first-order valence-corrected chi connectivity index (χ1v) is 6.95. The minimum atomic E-state index is 0.460. The normalized spacial score (nSPS) is 18.2. The number of methoxy groups -OCH3 is 1. The third-order valence-corrected chi connectivity index (χ3v) is 3.65. The second kappa shape index (κ2) is 7.48. The Morgan fingerprint density at radius 2 is 1.95 bits per heavy atom. The van der Waals surface area contributed by atoms with Crippen molar-refractivity contribution >= 4 is 0 Å². The summed E-state index contributed by atoms with van der Waals surface area (Å²) in [5.41, 5.74) is 1.36. The third kappa shape index (κ3) is 3.93. The predicted octanol–water partition coefficient (Wildman–Crippen LogP) is 1.68. The number of benzene rings is 1. The Bertz CT molecular complexity index is 361. The summed E-state index contributed by atoms with van der Waals surface area (Å²) in [5.74, 6) is 0.915. The van der Waals surface area contributed by atoms with E-state index < -0.39 is 0 Å². The Morgan fingerprint density at radius 1 is 1.26 bits per heavy atom. The molecule has 0 aliphatic carbocycles. The summed E-state index contributed by atoms with van der Waals surface area (Å²) in [7, 11) is 3.71. The van der Waals surface area contributed by atoms with Gasteiger partial charge >= 0.3 is 0 Å². The Balaban J connectivity index is 2.10. The van der Waals surface area contributed by atoms with Gasteiger partial charge in [0.25, 0.3) is 0 Å². The Labute approximate surface area is 115 Å².